The standard InChI is InChI=1S/C16H20FNO3/c1-16(2,12-5-7-13(17)8-6-12)15(21)18-9-3-4-11(10-18)14(19)20/h5-8,11H,3-4,9-10H2,1-2H3,(H,19,20)/t11-/m0/s1. The van der Waals surface area contributed by atoms with Crippen molar-refractivity contribution in [3.05, 3.63) is 35.6 Å². The van der Waals surface area contributed by atoms with Crippen LogP contribution < -0.4 is 0 Å². The second-order valence-electron chi connectivity index (χ2n) is 6.06. The van der Waals surface area contributed by atoms with Crippen LogP contribution in [-0.2, 0) is 15.0 Å². The average molecular weight is 293 g/mol. The first-order valence-electron chi connectivity index (χ1n) is 7.10. The summed E-state index contributed by atoms with van der Waals surface area (Å²) in [5.74, 6) is -1.80. The highest BCUT2D eigenvalue weighted by atomic mass is 19.1. The van der Waals surface area contributed by atoms with Gasteiger partial charge in [0.25, 0.3) is 0 Å². The van der Waals surface area contributed by atoms with Gasteiger partial charge in [-0.1, -0.05) is 12.1 Å². The number of carboxylic acid groups (broad SMARTS) is 1. The summed E-state index contributed by atoms with van der Waals surface area (Å²) in [5.41, 5.74) is -0.0694. The van der Waals surface area contributed by atoms with Crippen LogP contribution in [0.2, 0.25) is 0 Å². The Morgan fingerprint density at radius 2 is 1.90 bits per heavy atom. The third-order valence-corrected chi connectivity index (χ3v) is 4.16. The van der Waals surface area contributed by atoms with Gasteiger partial charge in [-0.25, -0.2) is 4.39 Å². The number of carbonyl (C=O) groups is 2. The van der Waals surface area contributed by atoms with Crippen molar-refractivity contribution in [2.45, 2.75) is 32.1 Å². The number of halogens is 1. The molecule has 0 aliphatic carbocycles. The summed E-state index contributed by atoms with van der Waals surface area (Å²) >= 11 is 0. The van der Waals surface area contributed by atoms with Gasteiger partial charge < -0.3 is 10.0 Å². The first-order chi connectivity index (χ1) is 9.82. The number of rotatable bonds is 3. The number of carbonyl (C=O) groups excluding carboxylic acids is 1. The van der Waals surface area contributed by atoms with Gasteiger partial charge in [-0.3, -0.25) is 9.59 Å². The maximum atomic E-state index is 13.0. The highest BCUT2D eigenvalue weighted by Crippen LogP contribution is 2.28. The lowest BCUT2D eigenvalue weighted by molar-refractivity contribution is -0.147. The molecule has 0 unspecified atom stereocenters. The second-order valence-corrected chi connectivity index (χ2v) is 6.06. The van der Waals surface area contributed by atoms with Gasteiger partial charge in [0.2, 0.25) is 5.91 Å². The Hall–Kier alpha value is -1.91. The molecule has 0 aromatic heterocycles. The number of hydrogen-bond acceptors (Lipinski definition) is 2. The van der Waals surface area contributed by atoms with Gasteiger partial charge in [-0.15, -0.1) is 0 Å². The SMILES string of the molecule is CC(C)(C(=O)N1CCC[C@H](C(=O)O)C1)c1ccc(F)cc1. The molecule has 1 aromatic carbocycles. The predicted octanol–water partition coefficient (Wildman–Crippen LogP) is 2.43. The maximum absolute atomic E-state index is 13.0. The van der Waals surface area contributed by atoms with E-state index < -0.39 is 17.3 Å². The van der Waals surface area contributed by atoms with Crippen LogP contribution in [0.1, 0.15) is 32.3 Å². The smallest absolute Gasteiger partial charge is 0.308 e. The van der Waals surface area contributed by atoms with Crippen molar-refractivity contribution in [2.75, 3.05) is 13.1 Å². The lowest BCUT2D eigenvalue weighted by atomic mass is 9.82. The molecule has 0 bridgehead atoms. The molecule has 114 valence electrons. The van der Waals surface area contributed by atoms with E-state index in [0.717, 1.165) is 5.56 Å². The first-order valence-corrected chi connectivity index (χ1v) is 7.10. The van der Waals surface area contributed by atoms with Crippen LogP contribution >= 0.6 is 0 Å². The van der Waals surface area contributed by atoms with E-state index in [-0.39, 0.29) is 18.3 Å². The molecular formula is C16H20FNO3. The summed E-state index contributed by atoms with van der Waals surface area (Å²) in [6.07, 6.45) is 1.30. The highest BCUT2D eigenvalue weighted by molar-refractivity contribution is 5.88. The molecule has 1 aromatic rings. The van der Waals surface area contributed by atoms with Crippen LogP contribution in [0.15, 0.2) is 24.3 Å². The molecule has 1 amide bonds. The van der Waals surface area contributed by atoms with E-state index in [1.165, 1.54) is 12.1 Å². The van der Waals surface area contributed by atoms with Crippen LogP contribution in [0.3, 0.4) is 0 Å². The molecular weight excluding hydrogens is 273 g/mol. The van der Waals surface area contributed by atoms with E-state index in [4.69, 9.17) is 5.11 Å². The quantitative estimate of drug-likeness (QED) is 0.931. The van der Waals surface area contributed by atoms with Gasteiger partial charge in [-0.05, 0) is 44.4 Å². The third-order valence-electron chi connectivity index (χ3n) is 4.16. The molecule has 0 spiro atoms. The first kappa shape index (κ1) is 15.5. The lowest BCUT2D eigenvalue weighted by Crippen LogP contribution is -2.49. The van der Waals surface area contributed by atoms with Gasteiger partial charge in [0.1, 0.15) is 5.82 Å². The molecule has 4 nitrogen and oxygen atoms in total. The van der Waals surface area contributed by atoms with E-state index in [1.807, 2.05) is 0 Å². The number of carboxylic acids is 1. The Morgan fingerprint density at radius 1 is 1.29 bits per heavy atom. The van der Waals surface area contributed by atoms with Crippen molar-refractivity contribution in [3.63, 3.8) is 0 Å². The van der Waals surface area contributed by atoms with Gasteiger partial charge >= 0.3 is 5.97 Å². The fraction of sp³-hybridized carbons (Fsp3) is 0.500. The van der Waals surface area contributed by atoms with E-state index in [2.05, 4.69) is 0 Å². The van der Waals surface area contributed by atoms with Crippen molar-refractivity contribution >= 4 is 11.9 Å². The molecule has 1 fully saturated rings. The Morgan fingerprint density at radius 3 is 2.48 bits per heavy atom. The predicted molar refractivity (Wildman–Crippen MR) is 76.4 cm³/mol. The van der Waals surface area contributed by atoms with E-state index in [0.29, 0.717) is 19.4 Å². The summed E-state index contributed by atoms with van der Waals surface area (Å²) in [5, 5.41) is 9.11. The molecule has 2 rings (SSSR count). The lowest BCUT2D eigenvalue weighted by Gasteiger charge is -2.36. The minimum atomic E-state index is -0.855. The zero-order chi connectivity index (χ0) is 15.6. The molecule has 5 heteroatoms. The Bertz CT molecular complexity index is 539. The Kier molecular flexibility index (Phi) is 4.30. The number of likely N-dealkylation sites (tertiary alicyclic amines) is 1. The number of aliphatic carboxylic acids is 1. The number of nitrogens with zero attached hydrogens (tertiary/aromatic N) is 1. The van der Waals surface area contributed by atoms with Gasteiger partial charge in [0.15, 0.2) is 0 Å². The molecule has 0 saturated carbocycles. The van der Waals surface area contributed by atoms with E-state index >= 15 is 0 Å². The van der Waals surface area contributed by atoms with Gasteiger partial charge in [0, 0.05) is 13.1 Å². The molecule has 1 heterocycles. The average Bonchev–Trinajstić information content (AvgIpc) is 2.47. The Balaban J connectivity index is 2.17. The van der Waals surface area contributed by atoms with Crippen molar-refractivity contribution in [1.82, 2.24) is 4.90 Å². The summed E-state index contributed by atoms with van der Waals surface area (Å²) < 4.78 is 13.0. The Labute approximate surface area is 123 Å². The van der Waals surface area contributed by atoms with Gasteiger partial charge in [0.05, 0.1) is 11.3 Å². The van der Waals surface area contributed by atoms with Crippen LogP contribution in [0.4, 0.5) is 4.39 Å². The third kappa shape index (κ3) is 3.23. The molecule has 1 atom stereocenters. The van der Waals surface area contributed by atoms with Crippen LogP contribution in [0.25, 0.3) is 0 Å². The number of piperidine rings is 1. The second kappa shape index (κ2) is 5.84. The fourth-order valence-corrected chi connectivity index (χ4v) is 2.75. The fourth-order valence-electron chi connectivity index (χ4n) is 2.75. The van der Waals surface area contributed by atoms with Gasteiger partial charge in [-0.2, -0.15) is 0 Å². The van der Waals surface area contributed by atoms with Crippen molar-refractivity contribution < 1.29 is 19.1 Å². The molecule has 0 radical (unpaired) electrons. The summed E-state index contributed by atoms with van der Waals surface area (Å²) in [6.45, 7) is 4.39. The van der Waals surface area contributed by atoms with Crippen LogP contribution in [0.5, 0.6) is 0 Å². The number of benzene rings is 1. The largest absolute Gasteiger partial charge is 0.481 e. The summed E-state index contributed by atoms with van der Waals surface area (Å²) in [6, 6.07) is 5.87. The molecule has 1 saturated heterocycles. The normalized spacial score (nSPS) is 19.4. The zero-order valence-electron chi connectivity index (χ0n) is 12.3. The van der Waals surface area contributed by atoms with Crippen molar-refractivity contribution in [2.24, 2.45) is 5.92 Å². The van der Waals surface area contributed by atoms with Crippen LogP contribution in [-0.4, -0.2) is 35.0 Å². The maximum Gasteiger partial charge on any atom is 0.308 e. The molecule has 21 heavy (non-hydrogen) atoms. The van der Waals surface area contributed by atoms with Crippen molar-refractivity contribution in [3.8, 4) is 0 Å². The van der Waals surface area contributed by atoms with Crippen LogP contribution in [0, 0.1) is 11.7 Å². The van der Waals surface area contributed by atoms with E-state index in [9.17, 15) is 14.0 Å². The summed E-state index contributed by atoms with van der Waals surface area (Å²) in [4.78, 5) is 25.4. The minimum Gasteiger partial charge on any atom is -0.481 e. The molecule has 1 N–H and O–H groups in total. The zero-order valence-corrected chi connectivity index (χ0v) is 12.3. The molecule has 1 aliphatic rings. The van der Waals surface area contributed by atoms with Crippen molar-refractivity contribution in [1.29, 1.82) is 0 Å². The molecule has 1 aliphatic heterocycles. The monoisotopic (exact) mass is 293 g/mol. The number of hydrogen-bond donors (Lipinski definition) is 1. The summed E-state index contributed by atoms with van der Waals surface area (Å²) in [7, 11) is 0. The topological polar surface area (TPSA) is 57.6 Å². The van der Waals surface area contributed by atoms with E-state index in [1.54, 1.807) is 30.9 Å². The minimum absolute atomic E-state index is 0.111. The highest BCUT2D eigenvalue weighted by Gasteiger charge is 2.37. The number of amides is 1.